The van der Waals surface area contributed by atoms with Crippen molar-refractivity contribution in [3.05, 3.63) is 69.1 Å². The molecule has 204 valence electrons. The highest BCUT2D eigenvalue weighted by atomic mass is 16.7. The number of amides is 1. The van der Waals surface area contributed by atoms with Gasteiger partial charge in [-0.2, -0.15) is 0 Å². The van der Waals surface area contributed by atoms with Gasteiger partial charge in [0.1, 0.15) is 11.3 Å². The first kappa shape index (κ1) is 25.8. The third-order valence-electron chi connectivity index (χ3n) is 6.35. The summed E-state index contributed by atoms with van der Waals surface area (Å²) in [6.07, 6.45) is 0.826. The molecule has 0 fully saturated rings. The molecule has 1 unspecified atom stereocenters. The zero-order chi connectivity index (χ0) is 27.5. The average molecular weight is 539 g/mol. The van der Waals surface area contributed by atoms with Crippen LogP contribution in [0.5, 0.6) is 34.5 Å². The summed E-state index contributed by atoms with van der Waals surface area (Å²) in [5, 5.41) is 13.9. The molecule has 2 aliphatic rings. The molecule has 1 atom stereocenters. The van der Waals surface area contributed by atoms with Crippen LogP contribution in [0, 0.1) is 0 Å². The third kappa shape index (κ3) is 5.13. The molecule has 1 amide bonds. The van der Waals surface area contributed by atoms with Crippen LogP contribution < -0.4 is 34.6 Å². The summed E-state index contributed by atoms with van der Waals surface area (Å²) in [7, 11) is 1.44. The highest BCUT2D eigenvalue weighted by Gasteiger charge is 2.31. The second-order valence-electron chi connectivity index (χ2n) is 8.69. The average Bonchev–Trinajstić information content (AvgIpc) is 3.60. The second kappa shape index (κ2) is 10.9. The molecule has 5 rings (SSSR count). The third-order valence-corrected chi connectivity index (χ3v) is 6.35. The number of H-pyrrole nitrogens is 1. The fourth-order valence-electron chi connectivity index (χ4n) is 4.47. The Bertz CT molecular complexity index is 1480. The summed E-state index contributed by atoms with van der Waals surface area (Å²) in [5.41, 5.74) is 0.116. The van der Waals surface area contributed by atoms with E-state index in [1.807, 2.05) is 0 Å². The van der Waals surface area contributed by atoms with Crippen molar-refractivity contribution in [3.8, 4) is 34.5 Å². The van der Waals surface area contributed by atoms with Crippen molar-refractivity contribution in [1.29, 1.82) is 0 Å². The zero-order valence-electron chi connectivity index (χ0n) is 21.2. The maximum absolute atomic E-state index is 13.2. The maximum atomic E-state index is 13.2. The minimum Gasteiger partial charge on any atom is -0.506 e. The quantitative estimate of drug-likeness (QED) is 0.346. The number of aromatic amines is 1. The minimum absolute atomic E-state index is 0.0278. The Hall–Kier alpha value is -4.87. The lowest BCUT2D eigenvalue weighted by Gasteiger charge is -2.20. The number of ether oxygens (including phenoxy) is 6. The van der Waals surface area contributed by atoms with E-state index in [-0.39, 0.29) is 44.3 Å². The highest BCUT2D eigenvalue weighted by Crippen LogP contribution is 2.45. The number of aromatic hydroxyl groups is 1. The van der Waals surface area contributed by atoms with E-state index in [0.29, 0.717) is 34.3 Å². The van der Waals surface area contributed by atoms with Gasteiger partial charge in [0.15, 0.2) is 23.0 Å². The minimum atomic E-state index is -0.997. The first-order chi connectivity index (χ1) is 18.9. The molecule has 0 radical (unpaired) electrons. The molecule has 2 aromatic carbocycles. The van der Waals surface area contributed by atoms with Crippen molar-refractivity contribution < 1.29 is 43.1 Å². The molecule has 0 saturated heterocycles. The molecule has 3 aromatic rings. The number of nitrogens with one attached hydrogen (secondary N) is 2. The van der Waals surface area contributed by atoms with Gasteiger partial charge in [-0.1, -0.05) is 6.07 Å². The van der Waals surface area contributed by atoms with E-state index >= 15 is 0 Å². The Labute approximate surface area is 222 Å². The Kier molecular flexibility index (Phi) is 7.17. The van der Waals surface area contributed by atoms with Gasteiger partial charge in [-0.25, -0.2) is 4.79 Å². The van der Waals surface area contributed by atoms with Crippen LogP contribution >= 0.6 is 0 Å². The summed E-state index contributed by atoms with van der Waals surface area (Å²) in [6, 6.07) is 8.52. The maximum Gasteiger partial charge on any atom is 0.343 e. The molecule has 3 N–H and O–H groups in total. The second-order valence-corrected chi connectivity index (χ2v) is 8.69. The molecule has 0 aliphatic carbocycles. The predicted octanol–water partition coefficient (Wildman–Crippen LogP) is 2.56. The fraction of sp³-hybridized carbons (Fsp3) is 0.296. The Balaban J connectivity index is 1.49. The van der Waals surface area contributed by atoms with Gasteiger partial charge in [0.25, 0.3) is 5.56 Å². The summed E-state index contributed by atoms with van der Waals surface area (Å²) in [6.45, 7) is 1.97. The molecule has 0 spiro atoms. The number of hydrogen-bond acceptors (Lipinski definition) is 10. The van der Waals surface area contributed by atoms with Gasteiger partial charge < -0.3 is 43.8 Å². The molecule has 2 aliphatic heterocycles. The lowest BCUT2D eigenvalue weighted by molar-refractivity contribution is -0.121. The van der Waals surface area contributed by atoms with Crippen LogP contribution in [0.3, 0.4) is 0 Å². The highest BCUT2D eigenvalue weighted by molar-refractivity contribution is 5.92. The lowest BCUT2D eigenvalue weighted by Crippen LogP contribution is -2.27. The first-order valence-corrected chi connectivity index (χ1v) is 12.1. The summed E-state index contributed by atoms with van der Waals surface area (Å²) in [5.74, 6) is -0.555. The molecule has 39 heavy (non-hydrogen) atoms. The van der Waals surface area contributed by atoms with Crippen molar-refractivity contribution >= 4 is 11.9 Å². The number of rotatable bonds is 9. The van der Waals surface area contributed by atoms with E-state index in [0.717, 1.165) is 11.8 Å². The monoisotopic (exact) mass is 538 g/mol. The number of hydrogen-bond donors (Lipinski definition) is 3. The molecule has 1 aromatic heterocycles. The van der Waals surface area contributed by atoms with E-state index < -0.39 is 29.1 Å². The summed E-state index contributed by atoms with van der Waals surface area (Å²) in [4.78, 5) is 41.2. The molecule has 12 nitrogen and oxygen atoms in total. The van der Waals surface area contributed by atoms with E-state index in [1.54, 1.807) is 37.3 Å². The number of aromatic nitrogens is 1. The standard InChI is InChI=1S/C27H26N2O10/c1-3-35-27(33)17-11-29-26(32)23(24(17)31)16(15-7-20(34-2)25-21(8-15)38-13-39-25)9-22(30)28-10-14-4-5-18-19(6-14)37-12-36-18/h4-8,11,16H,3,9-10,12-13H2,1-2H3,(H,28,30)(H2,29,31,32). The molecule has 12 heteroatoms. The van der Waals surface area contributed by atoms with Crippen molar-refractivity contribution in [2.45, 2.75) is 25.8 Å². The van der Waals surface area contributed by atoms with Gasteiger partial charge in [-0.15, -0.1) is 0 Å². The molecule has 3 heterocycles. The van der Waals surface area contributed by atoms with Gasteiger partial charge in [-0.3, -0.25) is 9.59 Å². The van der Waals surface area contributed by atoms with Crippen LogP contribution in [-0.2, 0) is 16.1 Å². The predicted molar refractivity (Wildman–Crippen MR) is 135 cm³/mol. The normalized spacial score (nSPS) is 13.6. The van der Waals surface area contributed by atoms with Crippen LogP contribution in [0.1, 0.15) is 46.3 Å². The van der Waals surface area contributed by atoms with E-state index in [4.69, 9.17) is 28.4 Å². The number of esters is 1. The molecule has 0 saturated carbocycles. The molecule has 0 bridgehead atoms. The summed E-state index contributed by atoms with van der Waals surface area (Å²) < 4.78 is 32.1. The smallest absolute Gasteiger partial charge is 0.343 e. The number of fused-ring (bicyclic) bond motifs is 2. The lowest BCUT2D eigenvalue weighted by atomic mass is 9.87. The van der Waals surface area contributed by atoms with E-state index in [9.17, 15) is 19.5 Å². The number of pyridine rings is 1. The van der Waals surface area contributed by atoms with Gasteiger partial charge in [-0.05, 0) is 42.3 Å². The van der Waals surface area contributed by atoms with Crippen molar-refractivity contribution in [2.75, 3.05) is 27.3 Å². The largest absolute Gasteiger partial charge is 0.506 e. The number of benzene rings is 2. The van der Waals surface area contributed by atoms with E-state index in [2.05, 4.69) is 10.3 Å². The van der Waals surface area contributed by atoms with Crippen molar-refractivity contribution in [3.63, 3.8) is 0 Å². The van der Waals surface area contributed by atoms with Gasteiger partial charge in [0, 0.05) is 25.1 Å². The number of methoxy groups -OCH3 is 1. The van der Waals surface area contributed by atoms with Crippen molar-refractivity contribution in [1.82, 2.24) is 10.3 Å². The fourth-order valence-corrected chi connectivity index (χ4v) is 4.47. The summed E-state index contributed by atoms with van der Waals surface area (Å²) >= 11 is 0. The van der Waals surface area contributed by atoms with Crippen LogP contribution in [0.25, 0.3) is 0 Å². The van der Waals surface area contributed by atoms with Crippen LogP contribution in [-0.4, -0.2) is 49.3 Å². The van der Waals surface area contributed by atoms with Gasteiger partial charge in [0.2, 0.25) is 25.2 Å². The van der Waals surface area contributed by atoms with Crippen molar-refractivity contribution in [2.24, 2.45) is 0 Å². The zero-order valence-corrected chi connectivity index (χ0v) is 21.2. The van der Waals surface area contributed by atoms with E-state index in [1.165, 1.54) is 7.11 Å². The topological polar surface area (TPSA) is 155 Å². The Morgan fingerprint density at radius 1 is 1.08 bits per heavy atom. The van der Waals surface area contributed by atoms with Gasteiger partial charge in [0.05, 0.1) is 19.3 Å². The van der Waals surface area contributed by atoms with Gasteiger partial charge >= 0.3 is 5.97 Å². The first-order valence-electron chi connectivity index (χ1n) is 12.1. The Morgan fingerprint density at radius 2 is 1.85 bits per heavy atom. The van der Waals surface area contributed by atoms with Crippen LogP contribution in [0.15, 0.2) is 41.3 Å². The SMILES string of the molecule is CCOC(=O)c1c[nH]c(=O)c(C(CC(=O)NCc2ccc3c(c2)OCO3)c2cc(OC)c3c(c2)OCO3)c1O. The molecular weight excluding hydrogens is 512 g/mol. The van der Waals surface area contributed by atoms with Crippen LogP contribution in [0.2, 0.25) is 0 Å². The van der Waals surface area contributed by atoms with Crippen LogP contribution in [0.4, 0.5) is 0 Å². The Morgan fingerprint density at radius 3 is 2.64 bits per heavy atom. The number of carbonyl (C=O) groups is 2. The number of carbonyl (C=O) groups excluding carboxylic acids is 2. The molecular formula is C27H26N2O10.